The lowest BCUT2D eigenvalue weighted by molar-refractivity contribution is 0.126. The summed E-state index contributed by atoms with van der Waals surface area (Å²) in [4.78, 5) is 8.64. The van der Waals surface area contributed by atoms with Crippen LogP contribution in [0.5, 0.6) is 0 Å². The van der Waals surface area contributed by atoms with E-state index in [1.807, 2.05) is 6.92 Å². The van der Waals surface area contributed by atoms with E-state index in [0.717, 1.165) is 25.0 Å². The Morgan fingerprint density at radius 3 is 2.36 bits per heavy atom. The first kappa shape index (κ1) is 18.9. The molecule has 0 fully saturated rings. The smallest absolute Gasteiger partial charge is 0.194 e. The normalized spacial score (nSPS) is 14.9. The molecule has 0 amide bonds. The van der Waals surface area contributed by atoms with Gasteiger partial charge in [-0.2, -0.15) is 0 Å². The molecule has 1 heterocycles. The van der Waals surface area contributed by atoms with Crippen LogP contribution in [0.1, 0.15) is 59.6 Å². The monoisotopic (exact) mass is 318 g/mol. The van der Waals surface area contributed by atoms with Crippen LogP contribution in [0.15, 0.2) is 18.6 Å². The van der Waals surface area contributed by atoms with Crippen LogP contribution < -0.4 is 0 Å². The van der Waals surface area contributed by atoms with E-state index in [4.69, 9.17) is 4.43 Å². The summed E-state index contributed by atoms with van der Waals surface area (Å²) in [6.07, 6.45) is 8.31. The van der Waals surface area contributed by atoms with Gasteiger partial charge in [0.25, 0.3) is 0 Å². The molecule has 0 spiro atoms. The molecule has 0 saturated heterocycles. The molecule has 0 saturated carbocycles. The van der Waals surface area contributed by atoms with Crippen LogP contribution in [0.25, 0.3) is 0 Å². The molecule has 0 aliphatic carbocycles. The summed E-state index contributed by atoms with van der Waals surface area (Å²) in [5.74, 6) is 6.61. The highest BCUT2D eigenvalue weighted by atomic mass is 28.4. The van der Waals surface area contributed by atoms with Crippen molar-refractivity contribution in [1.82, 2.24) is 9.97 Å². The Balaban J connectivity index is 3.14. The van der Waals surface area contributed by atoms with Crippen LogP contribution in [-0.4, -0.2) is 18.3 Å². The molecule has 1 aromatic rings. The lowest BCUT2D eigenvalue weighted by Crippen LogP contribution is -2.47. The van der Waals surface area contributed by atoms with E-state index < -0.39 is 13.9 Å². The summed E-state index contributed by atoms with van der Waals surface area (Å²) in [6, 6.07) is 0. The van der Waals surface area contributed by atoms with Crippen molar-refractivity contribution >= 4 is 8.32 Å². The fourth-order valence-corrected chi connectivity index (χ4v) is 3.33. The van der Waals surface area contributed by atoms with Gasteiger partial charge >= 0.3 is 0 Å². The largest absolute Gasteiger partial charge is 0.396 e. The quantitative estimate of drug-likeness (QED) is 0.440. The molecular formula is C18H30N2OSi. The molecule has 1 unspecified atom stereocenters. The molecule has 122 valence electrons. The maximum absolute atomic E-state index is 6.62. The molecule has 0 bridgehead atoms. The molecule has 0 aliphatic heterocycles. The zero-order valence-corrected chi connectivity index (χ0v) is 16.2. The number of rotatable bonds is 5. The van der Waals surface area contributed by atoms with Gasteiger partial charge in [-0.15, -0.1) is 0 Å². The second-order valence-corrected chi connectivity index (χ2v) is 12.1. The van der Waals surface area contributed by atoms with E-state index in [-0.39, 0.29) is 5.04 Å². The molecule has 1 atom stereocenters. The molecule has 1 aromatic heterocycles. The van der Waals surface area contributed by atoms with Gasteiger partial charge in [0.1, 0.15) is 5.69 Å². The van der Waals surface area contributed by atoms with Crippen molar-refractivity contribution in [2.75, 3.05) is 0 Å². The summed E-state index contributed by atoms with van der Waals surface area (Å²) < 4.78 is 6.62. The number of nitrogens with zero attached hydrogens (tertiary/aromatic N) is 2. The fourth-order valence-electron chi connectivity index (χ4n) is 1.85. The Hall–Kier alpha value is -1.18. The average Bonchev–Trinajstić information content (AvgIpc) is 2.43. The van der Waals surface area contributed by atoms with Gasteiger partial charge in [-0.1, -0.05) is 46.0 Å². The molecule has 3 nitrogen and oxygen atoms in total. The molecule has 4 heteroatoms. The van der Waals surface area contributed by atoms with E-state index in [9.17, 15) is 0 Å². The predicted molar refractivity (Wildman–Crippen MR) is 95.0 cm³/mol. The molecule has 22 heavy (non-hydrogen) atoms. The topological polar surface area (TPSA) is 35.0 Å². The van der Waals surface area contributed by atoms with Crippen molar-refractivity contribution < 1.29 is 4.43 Å². The van der Waals surface area contributed by atoms with E-state index in [2.05, 4.69) is 62.6 Å². The second-order valence-electron chi connectivity index (χ2n) is 7.39. The van der Waals surface area contributed by atoms with Crippen LogP contribution in [0.4, 0.5) is 0 Å². The Morgan fingerprint density at radius 1 is 1.18 bits per heavy atom. The molecule has 1 rings (SSSR count). The van der Waals surface area contributed by atoms with Gasteiger partial charge in [0.2, 0.25) is 0 Å². The third-order valence-corrected chi connectivity index (χ3v) is 8.83. The van der Waals surface area contributed by atoms with E-state index in [0.29, 0.717) is 0 Å². The Kier molecular flexibility index (Phi) is 6.34. The Labute approximate surface area is 137 Å². The summed E-state index contributed by atoms with van der Waals surface area (Å²) in [7, 11) is -1.96. The van der Waals surface area contributed by atoms with Crippen LogP contribution in [0.3, 0.4) is 0 Å². The highest BCUT2D eigenvalue weighted by molar-refractivity contribution is 6.74. The fraction of sp³-hybridized carbons (Fsp3) is 0.667. The summed E-state index contributed by atoms with van der Waals surface area (Å²) >= 11 is 0. The van der Waals surface area contributed by atoms with Gasteiger partial charge in [-0.3, -0.25) is 9.97 Å². The third-order valence-electron chi connectivity index (χ3n) is 4.30. The van der Waals surface area contributed by atoms with Crippen molar-refractivity contribution in [3.63, 3.8) is 0 Å². The van der Waals surface area contributed by atoms with Gasteiger partial charge < -0.3 is 4.43 Å². The number of hydrogen-bond donors (Lipinski definition) is 0. The van der Waals surface area contributed by atoms with Crippen LogP contribution in [0, 0.1) is 11.8 Å². The van der Waals surface area contributed by atoms with Crippen molar-refractivity contribution in [3.8, 4) is 11.8 Å². The molecular weight excluding hydrogens is 288 g/mol. The van der Waals surface area contributed by atoms with E-state index >= 15 is 0 Å². The highest BCUT2D eigenvalue weighted by Gasteiger charge is 2.43. The first-order valence-electron chi connectivity index (χ1n) is 8.09. The minimum absolute atomic E-state index is 0.127. The first-order chi connectivity index (χ1) is 10.1. The van der Waals surface area contributed by atoms with E-state index in [1.165, 1.54) is 0 Å². The van der Waals surface area contributed by atoms with Gasteiger partial charge in [0, 0.05) is 18.8 Å². The van der Waals surface area contributed by atoms with Crippen LogP contribution >= 0.6 is 0 Å². The second kappa shape index (κ2) is 7.39. The van der Waals surface area contributed by atoms with Crippen molar-refractivity contribution in [2.24, 2.45) is 0 Å². The SMILES string of the molecule is CCCCC#CC(C)(O[Si](C)(C)C(C)(C)C)c1cnccn1. The van der Waals surface area contributed by atoms with Crippen molar-refractivity contribution in [2.45, 2.75) is 77.6 Å². The van der Waals surface area contributed by atoms with Crippen LogP contribution in [-0.2, 0) is 10.0 Å². The van der Waals surface area contributed by atoms with Gasteiger partial charge in [-0.25, -0.2) is 0 Å². The maximum atomic E-state index is 6.62. The predicted octanol–water partition coefficient (Wildman–Crippen LogP) is 4.91. The van der Waals surface area contributed by atoms with E-state index in [1.54, 1.807) is 18.6 Å². The number of hydrogen-bond acceptors (Lipinski definition) is 3. The standard InChI is InChI=1S/C18H30N2OSi/c1-8-9-10-11-12-18(5,16-15-19-13-14-20-16)21-22(6,7)17(2,3)4/h13-15H,8-10H2,1-7H3. The minimum Gasteiger partial charge on any atom is -0.396 e. The molecule has 0 radical (unpaired) electrons. The van der Waals surface area contributed by atoms with Crippen LogP contribution in [0.2, 0.25) is 18.1 Å². The zero-order chi connectivity index (χ0) is 16.9. The number of aromatic nitrogens is 2. The summed E-state index contributed by atoms with van der Waals surface area (Å²) in [5.41, 5.74) is 0.106. The van der Waals surface area contributed by atoms with Gasteiger partial charge in [-0.05, 0) is 31.5 Å². The number of unbranched alkanes of at least 4 members (excludes halogenated alkanes) is 2. The van der Waals surface area contributed by atoms with Gasteiger partial charge in [0.05, 0.1) is 6.20 Å². The average molecular weight is 319 g/mol. The summed E-state index contributed by atoms with van der Waals surface area (Å²) in [6.45, 7) is 15.4. The Morgan fingerprint density at radius 2 is 1.86 bits per heavy atom. The van der Waals surface area contributed by atoms with Crippen molar-refractivity contribution in [1.29, 1.82) is 0 Å². The maximum Gasteiger partial charge on any atom is 0.194 e. The van der Waals surface area contributed by atoms with Crippen molar-refractivity contribution in [3.05, 3.63) is 24.3 Å². The molecule has 0 N–H and O–H groups in total. The first-order valence-corrected chi connectivity index (χ1v) is 11.0. The zero-order valence-electron chi connectivity index (χ0n) is 15.2. The minimum atomic E-state index is -1.96. The summed E-state index contributed by atoms with van der Waals surface area (Å²) in [5, 5.41) is 0.127. The third kappa shape index (κ3) is 4.93. The Bertz CT molecular complexity index is 526. The highest BCUT2D eigenvalue weighted by Crippen LogP contribution is 2.41. The molecule has 0 aliphatic rings. The van der Waals surface area contributed by atoms with Gasteiger partial charge in [0.15, 0.2) is 13.9 Å². The lowest BCUT2D eigenvalue weighted by atomic mass is 10.0. The molecule has 0 aromatic carbocycles. The lowest BCUT2D eigenvalue weighted by Gasteiger charge is -2.41.